The molecule has 0 saturated carbocycles. The summed E-state index contributed by atoms with van der Waals surface area (Å²) in [6, 6.07) is 9.90. The van der Waals surface area contributed by atoms with Crippen LogP contribution < -0.4 is 9.47 Å². The Labute approximate surface area is 189 Å². The third-order valence-electron chi connectivity index (χ3n) is 4.85. The van der Waals surface area contributed by atoms with E-state index in [1.807, 2.05) is 13.0 Å². The highest BCUT2D eigenvalue weighted by atomic mass is 19.4. The number of benzene rings is 2. The quantitative estimate of drug-likeness (QED) is 0.376. The summed E-state index contributed by atoms with van der Waals surface area (Å²) in [5, 5.41) is 0. The second kappa shape index (κ2) is 10.4. The SMILES string of the molecule is CCCc1cc(OCc2oc(-c3ccc(C(F)(F)F)cc3)nc2C)ccc1OCC(=O)OC. The maximum Gasteiger partial charge on any atom is 0.416 e. The van der Waals surface area contributed by atoms with Crippen LogP contribution in [0.1, 0.15) is 35.9 Å². The molecule has 1 heterocycles. The number of aryl methyl sites for hydroxylation is 2. The Bertz CT molecular complexity index is 1090. The normalized spacial score (nSPS) is 11.3. The molecule has 3 rings (SSSR count). The van der Waals surface area contributed by atoms with Gasteiger partial charge in [-0.05, 0) is 61.4 Å². The Kier molecular flexibility index (Phi) is 7.63. The van der Waals surface area contributed by atoms with Gasteiger partial charge in [0.15, 0.2) is 12.4 Å². The predicted octanol–water partition coefficient (Wildman–Crippen LogP) is 5.75. The van der Waals surface area contributed by atoms with Crippen molar-refractivity contribution in [2.75, 3.05) is 13.7 Å². The Morgan fingerprint density at radius 1 is 1.09 bits per heavy atom. The largest absolute Gasteiger partial charge is 0.486 e. The van der Waals surface area contributed by atoms with Crippen LogP contribution in [0.3, 0.4) is 0 Å². The number of rotatable bonds is 9. The van der Waals surface area contributed by atoms with E-state index in [4.69, 9.17) is 13.9 Å². The molecule has 0 aliphatic carbocycles. The second-order valence-corrected chi connectivity index (χ2v) is 7.28. The van der Waals surface area contributed by atoms with Crippen molar-refractivity contribution in [1.29, 1.82) is 0 Å². The highest BCUT2D eigenvalue weighted by Gasteiger charge is 2.30. The zero-order valence-corrected chi connectivity index (χ0v) is 18.5. The highest BCUT2D eigenvalue weighted by Crippen LogP contribution is 2.32. The van der Waals surface area contributed by atoms with Gasteiger partial charge in [-0.3, -0.25) is 0 Å². The van der Waals surface area contributed by atoms with Crippen molar-refractivity contribution in [3.05, 3.63) is 65.0 Å². The minimum Gasteiger partial charge on any atom is -0.486 e. The summed E-state index contributed by atoms with van der Waals surface area (Å²) in [5.41, 5.74) is 1.17. The fourth-order valence-electron chi connectivity index (χ4n) is 3.08. The molecule has 9 heteroatoms. The number of nitrogens with zero attached hydrogens (tertiary/aromatic N) is 1. The molecule has 2 aromatic carbocycles. The lowest BCUT2D eigenvalue weighted by atomic mass is 10.1. The number of methoxy groups -OCH3 is 1. The summed E-state index contributed by atoms with van der Waals surface area (Å²) in [6.07, 6.45) is -2.80. The van der Waals surface area contributed by atoms with Gasteiger partial charge in [-0.1, -0.05) is 13.3 Å². The van der Waals surface area contributed by atoms with Crippen molar-refractivity contribution in [3.63, 3.8) is 0 Å². The van der Waals surface area contributed by atoms with Crippen molar-refractivity contribution < 1.29 is 36.6 Å². The van der Waals surface area contributed by atoms with Gasteiger partial charge in [-0.2, -0.15) is 13.2 Å². The number of hydrogen-bond acceptors (Lipinski definition) is 6. The standard InChI is InChI=1S/C24H24F3NO5/c1-4-5-17-12-19(10-11-20(17)32-14-22(29)30-3)31-13-21-15(2)28-23(33-21)16-6-8-18(9-7-16)24(25,26)27/h6-12H,4-5,13-14H2,1-3H3. The molecule has 3 aromatic rings. The first-order valence-electron chi connectivity index (χ1n) is 10.3. The van der Waals surface area contributed by atoms with E-state index >= 15 is 0 Å². The number of oxazole rings is 1. The summed E-state index contributed by atoms with van der Waals surface area (Å²) < 4.78 is 60.0. The summed E-state index contributed by atoms with van der Waals surface area (Å²) in [6.45, 7) is 3.67. The Morgan fingerprint density at radius 3 is 2.45 bits per heavy atom. The van der Waals surface area contributed by atoms with E-state index in [0.29, 0.717) is 28.5 Å². The van der Waals surface area contributed by atoms with E-state index in [9.17, 15) is 18.0 Å². The van der Waals surface area contributed by atoms with Gasteiger partial charge in [0.25, 0.3) is 0 Å². The van der Waals surface area contributed by atoms with E-state index in [2.05, 4.69) is 9.72 Å². The number of hydrogen-bond donors (Lipinski definition) is 0. The molecule has 0 radical (unpaired) electrons. The Morgan fingerprint density at radius 2 is 1.82 bits per heavy atom. The van der Waals surface area contributed by atoms with Crippen molar-refractivity contribution in [2.24, 2.45) is 0 Å². The number of carbonyl (C=O) groups excluding carboxylic acids is 1. The van der Waals surface area contributed by atoms with Crippen LogP contribution in [-0.4, -0.2) is 24.7 Å². The van der Waals surface area contributed by atoms with E-state index in [0.717, 1.165) is 30.5 Å². The second-order valence-electron chi connectivity index (χ2n) is 7.28. The van der Waals surface area contributed by atoms with Crippen molar-refractivity contribution in [2.45, 2.75) is 39.5 Å². The van der Waals surface area contributed by atoms with Crippen LogP contribution in [-0.2, 0) is 28.7 Å². The van der Waals surface area contributed by atoms with Crippen LogP contribution in [0, 0.1) is 6.92 Å². The minimum atomic E-state index is -4.40. The first-order valence-corrected chi connectivity index (χ1v) is 10.3. The molecule has 0 unspecified atom stereocenters. The Hall–Kier alpha value is -3.49. The molecule has 176 valence electrons. The van der Waals surface area contributed by atoms with Gasteiger partial charge < -0.3 is 18.6 Å². The highest BCUT2D eigenvalue weighted by molar-refractivity contribution is 5.71. The van der Waals surface area contributed by atoms with Gasteiger partial charge in [0.1, 0.15) is 18.1 Å². The molecule has 0 N–H and O–H groups in total. The molecule has 0 spiro atoms. The smallest absolute Gasteiger partial charge is 0.416 e. The van der Waals surface area contributed by atoms with Gasteiger partial charge in [-0.15, -0.1) is 0 Å². The first kappa shape index (κ1) is 24.2. The van der Waals surface area contributed by atoms with E-state index in [-0.39, 0.29) is 19.1 Å². The average Bonchev–Trinajstić information content (AvgIpc) is 3.17. The van der Waals surface area contributed by atoms with Crippen LogP contribution in [0.25, 0.3) is 11.5 Å². The maximum atomic E-state index is 12.8. The lowest BCUT2D eigenvalue weighted by Crippen LogP contribution is -2.13. The number of aromatic nitrogens is 1. The molecule has 0 fully saturated rings. The van der Waals surface area contributed by atoms with Gasteiger partial charge >= 0.3 is 12.1 Å². The maximum absolute atomic E-state index is 12.8. The third-order valence-corrected chi connectivity index (χ3v) is 4.85. The molecule has 0 atom stereocenters. The van der Waals surface area contributed by atoms with Crippen molar-refractivity contribution in [1.82, 2.24) is 4.98 Å². The van der Waals surface area contributed by atoms with Crippen LogP contribution >= 0.6 is 0 Å². The third kappa shape index (κ3) is 6.27. The number of carbonyl (C=O) groups is 1. The van der Waals surface area contributed by atoms with Gasteiger partial charge in [0, 0.05) is 5.56 Å². The molecule has 0 aliphatic rings. The van der Waals surface area contributed by atoms with Crippen LogP contribution in [0.5, 0.6) is 11.5 Å². The molecule has 0 aliphatic heterocycles. The Balaban J connectivity index is 1.70. The summed E-state index contributed by atoms with van der Waals surface area (Å²) in [5.74, 6) is 1.37. The van der Waals surface area contributed by atoms with Gasteiger partial charge in [0.05, 0.1) is 18.4 Å². The monoisotopic (exact) mass is 463 g/mol. The zero-order valence-electron chi connectivity index (χ0n) is 18.5. The first-order chi connectivity index (χ1) is 15.7. The topological polar surface area (TPSA) is 70.8 Å². The fourth-order valence-corrected chi connectivity index (χ4v) is 3.08. The molecule has 1 aromatic heterocycles. The lowest BCUT2D eigenvalue weighted by Gasteiger charge is -2.12. The van der Waals surface area contributed by atoms with Crippen molar-refractivity contribution in [3.8, 4) is 23.0 Å². The molecular weight excluding hydrogens is 439 g/mol. The average molecular weight is 463 g/mol. The van der Waals surface area contributed by atoms with E-state index < -0.39 is 17.7 Å². The van der Waals surface area contributed by atoms with Crippen LogP contribution in [0.15, 0.2) is 46.9 Å². The molecule has 6 nitrogen and oxygen atoms in total. The molecular formula is C24H24F3NO5. The molecule has 0 amide bonds. The van der Waals surface area contributed by atoms with Crippen molar-refractivity contribution >= 4 is 5.97 Å². The van der Waals surface area contributed by atoms with Gasteiger partial charge in [-0.25, -0.2) is 9.78 Å². The number of halogens is 3. The van der Waals surface area contributed by atoms with E-state index in [1.165, 1.54) is 19.2 Å². The molecule has 33 heavy (non-hydrogen) atoms. The van der Waals surface area contributed by atoms with Crippen LogP contribution in [0.4, 0.5) is 13.2 Å². The predicted molar refractivity (Wildman–Crippen MR) is 114 cm³/mol. The fraction of sp³-hybridized carbons (Fsp3) is 0.333. The van der Waals surface area contributed by atoms with Gasteiger partial charge in [0.2, 0.25) is 5.89 Å². The zero-order chi connectivity index (χ0) is 24.0. The minimum absolute atomic E-state index is 0.0907. The summed E-state index contributed by atoms with van der Waals surface area (Å²) in [4.78, 5) is 15.6. The number of alkyl halides is 3. The number of ether oxygens (including phenoxy) is 3. The van der Waals surface area contributed by atoms with E-state index in [1.54, 1.807) is 19.1 Å². The molecule has 0 saturated heterocycles. The van der Waals surface area contributed by atoms with Crippen LogP contribution in [0.2, 0.25) is 0 Å². The molecule has 0 bridgehead atoms. The summed E-state index contributed by atoms with van der Waals surface area (Å²) in [7, 11) is 1.30. The number of esters is 1. The lowest BCUT2D eigenvalue weighted by molar-refractivity contribution is -0.143. The summed E-state index contributed by atoms with van der Waals surface area (Å²) >= 11 is 0.